The molecule has 98 valence electrons. The fourth-order valence-corrected chi connectivity index (χ4v) is 2.75. The Kier molecular flexibility index (Phi) is 4.83. The molecule has 2 atom stereocenters. The van der Waals surface area contributed by atoms with Gasteiger partial charge in [0, 0.05) is 6.42 Å². The van der Waals surface area contributed by atoms with Crippen molar-refractivity contribution in [2.75, 3.05) is 13.1 Å². The quantitative estimate of drug-likeness (QED) is 0.743. The number of nitrogens with zero attached hydrogens (tertiary/aromatic N) is 2. The molecule has 1 fully saturated rings. The van der Waals surface area contributed by atoms with Crippen LogP contribution in [-0.4, -0.2) is 18.0 Å². The molecule has 1 aromatic rings. The van der Waals surface area contributed by atoms with Crippen LogP contribution >= 0.6 is 0 Å². The molecule has 1 aliphatic rings. The molecule has 18 heavy (non-hydrogen) atoms. The molecule has 1 saturated heterocycles. The summed E-state index contributed by atoms with van der Waals surface area (Å²) in [5, 5.41) is 8.56. The number of piperidine rings is 1. The van der Waals surface area contributed by atoms with Crippen LogP contribution in [-0.2, 0) is 0 Å². The number of nitriles is 1. The maximum atomic E-state index is 8.56. The normalized spacial score (nSPS) is 24.9. The second-order valence-electron chi connectivity index (χ2n) is 5.31. The summed E-state index contributed by atoms with van der Waals surface area (Å²) in [5.74, 6) is 1.87. The van der Waals surface area contributed by atoms with Crippen molar-refractivity contribution in [3.05, 3.63) is 24.2 Å². The topological polar surface area (TPSA) is 40.2 Å². The fourth-order valence-electron chi connectivity index (χ4n) is 2.75. The highest BCUT2D eigenvalue weighted by atomic mass is 16.3. The molecular formula is C15H22N2O. The number of hydrogen-bond acceptors (Lipinski definition) is 3. The van der Waals surface area contributed by atoms with E-state index in [1.807, 2.05) is 6.07 Å². The average molecular weight is 246 g/mol. The van der Waals surface area contributed by atoms with Gasteiger partial charge in [0.25, 0.3) is 0 Å². The molecule has 0 unspecified atom stereocenters. The molecule has 2 heterocycles. The van der Waals surface area contributed by atoms with Crippen LogP contribution in [0.4, 0.5) is 0 Å². The molecule has 0 saturated carbocycles. The van der Waals surface area contributed by atoms with Gasteiger partial charge < -0.3 is 4.42 Å². The lowest BCUT2D eigenvalue weighted by molar-refractivity contribution is 0.1000. The molecule has 0 aliphatic carbocycles. The Morgan fingerprint density at radius 1 is 1.50 bits per heavy atom. The van der Waals surface area contributed by atoms with Crippen molar-refractivity contribution < 1.29 is 4.42 Å². The molecule has 0 spiro atoms. The predicted octanol–water partition coefficient (Wildman–Crippen LogP) is 3.75. The summed E-state index contributed by atoms with van der Waals surface area (Å²) in [6.07, 6.45) is 7.02. The first-order valence-corrected chi connectivity index (χ1v) is 6.95. The van der Waals surface area contributed by atoms with Crippen molar-refractivity contribution in [3.8, 4) is 6.07 Å². The van der Waals surface area contributed by atoms with Gasteiger partial charge in [0.05, 0.1) is 18.4 Å². The average Bonchev–Trinajstić information content (AvgIpc) is 2.90. The Hall–Kier alpha value is -1.27. The first-order valence-electron chi connectivity index (χ1n) is 6.95. The maximum Gasteiger partial charge on any atom is 0.120 e. The van der Waals surface area contributed by atoms with E-state index in [0.717, 1.165) is 37.6 Å². The summed E-state index contributed by atoms with van der Waals surface area (Å²) in [5.41, 5.74) is 0. The van der Waals surface area contributed by atoms with Gasteiger partial charge in [-0.25, -0.2) is 0 Å². The van der Waals surface area contributed by atoms with Crippen molar-refractivity contribution in [1.82, 2.24) is 4.90 Å². The molecule has 1 aromatic heterocycles. The van der Waals surface area contributed by atoms with Gasteiger partial charge in [-0.1, -0.05) is 6.92 Å². The summed E-state index contributed by atoms with van der Waals surface area (Å²) in [7, 11) is 0. The third-order valence-corrected chi connectivity index (χ3v) is 3.83. The number of hydrogen-bond donors (Lipinski definition) is 0. The summed E-state index contributed by atoms with van der Waals surface area (Å²) in [6, 6.07) is 6.71. The van der Waals surface area contributed by atoms with Crippen LogP contribution in [0, 0.1) is 17.2 Å². The zero-order valence-electron chi connectivity index (χ0n) is 11.1. The number of unbranched alkanes of at least 4 members (excludes halogenated alkanes) is 2. The minimum absolute atomic E-state index is 0.436. The fraction of sp³-hybridized carbons (Fsp3) is 0.667. The van der Waals surface area contributed by atoms with Crippen molar-refractivity contribution in [2.45, 2.75) is 45.1 Å². The van der Waals surface area contributed by atoms with E-state index in [9.17, 15) is 0 Å². The third-order valence-electron chi connectivity index (χ3n) is 3.83. The molecule has 0 bridgehead atoms. The van der Waals surface area contributed by atoms with Gasteiger partial charge in [0.1, 0.15) is 5.76 Å². The Bertz CT molecular complexity index is 380. The molecule has 0 radical (unpaired) electrons. The highest BCUT2D eigenvalue weighted by Gasteiger charge is 2.28. The smallest absolute Gasteiger partial charge is 0.120 e. The Labute approximate surface area is 109 Å². The lowest BCUT2D eigenvalue weighted by Gasteiger charge is -2.37. The highest BCUT2D eigenvalue weighted by molar-refractivity contribution is 5.06. The summed E-state index contributed by atoms with van der Waals surface area (Å²) >= 11 is 0. The zero-order valence-corrected chi connectivity index (χ0v) is 11.1. The van der Waals surface area contributed by atoms with E-state index in [-0.39, 0.29) is 0 Å². The van der Waals surface area contributed by atoms with Crippen molar-refractivity contribution in [2.24, 2.45) is 5.92 Å². The van der Waals surface area contributed by atoms with E-state index < -0.39 is 0 Å². The minimum atomic E-state index is 0.436. The van der Waals surface area contributed by atoms with Gasteiger partial charge in [0.15, 0.2) is 0 Å². The minimum Gasteiger partial charge on any atom is -0.468 e. The first-order chi connectivity index (χ1) is 8.81. The van der Waals surface area contributed by atoms with Gasteiger partial charge in [-0.05, 0) is 56.8 Å². The van der Waals surface area contributed by atoms with Gasteiger partial charge in [-0.3, -0.25) is 4.90 Å². The Balaban J connectivity index is 1.92. The van der Waals surface area contributed by atoms with E-state index in [1.54, 1.807) is 6.26 Å². The SMILES string of the molecule is C[C@@H]1CCN(CCCCC#N)[C@@H](c2ccco2)C1. The predicted molar refractivity (Wildman–Crippen MR) is 70.9 cm³/mol. The van der Waals surface area contributed by atoms with Gasteiger partial charge >= 0.3 is 0 Å². The van der Waals surface area contributed by atoms with E-state index in [4.69, 9.17) is 9.68 Å². The van der Waals surface area contributed by atoms with E-state index in [0.29, 0.717) is 12.5 Å². The van der Waals surface area contributed by atoms with Crippen molar-refractivity contribution >= 4 is 0 Å². The molecule has 0 aromatic carbocycles. The third kappa shape index (κ3) is 3.36. The van der Waals surface area contributed by atoms with Crippen LogP contribution in [0.5, 0.6) is 0 Å². The van der Waals surface area contributed by atoms with E-state index in [1.165, 1.54) is 12.8 Å². The second-order valence-corrected chi connectivity index (χ2v) is 5.31. The summed E-state index contributed by atoms with van der Waals surface area (Å²) in [4.78, 5) is 2.52. The highest BCUT2D eigenvalue weighted by Crippen LogP contribution is 2.34. The van der Waals surface area contributed by atoms with Crippen LogP contribution in [0.2, 0.25) is 0 Å². The van der Waals surface area contributed by atoms with Crippen LogP contribution in [0.25, 0.3) is 0 Å². The van der Waals surface area contributed by atoms with Crippen molar-refractivity contribution in [1.29, 1.82) is 5.26 Å². The lowest BCUT2D eigenvalue weighted by atomic mass is 9.91. The molecule has 3 heteroatoms. The number of furan rings is 1. The van der Waals surface area contributed by atoms with Crippen LogP contribution in [0.3, 0.4) is 0 Å². The molecular weight excluding hydrogens is 224 g/mol. The number of likely N-dealkylation sites (tertiary alicyclic amines) is 1. The van der Waals surface area contributed by atoms with Crippen LogP contribution < -0.4 is 0 Å². The summed E-state index contributed by atoms with van der Waals surface area (Å²) in [6.45, 7) is 4.56. The monoisotopic (exact) mass is 246 g/mol. The lowest BCUT2D eigenvalue weighted by Crippen LogP contribution is -2.36. The number of rotatable bonds is 5. The zero-order chi connectivity index (χ0) is 12.8. The standard InChI is InChI=1S/C15H22N2O/c1-13-7-10-17(9-4-2-3-8-16)14(12-13)15-6-5-11-18-15/h5-6,11,13-14H,2-4,7,9-10,12H2,1H3/t13-,14-/m1/s1. The molecule has 0 amide bonds. The Morgan fingerprint density at radius 3 is 3.11 bits per heavy atom. The molecule has 1 aliphatic heterocycles. The van der Waals surface area contributed by atoms with Gasteiger partial charge in [-0.2, -0.15) is 5.26 Å². The Morgan fingerprint density at radius 2 is 2.39 bits per heavy atom. The summed E-state index contributed by atoms with van der Waals surface area (Å²) < 4.78 is 5.59. The van der Waals surface area contributed by atoms with Crippen LogP contribution in [0.1, 0.15) is 50.8 Å². The van der Waals surface area contributed by atoms with Crippen molar-refractivity contribution in [3.63, 3.8) is 0 Å². The first kappa shape index (κ1) is 13.2. The largest absolute Gasteiger partial charge is 0.468 e. The second kappa shape index (κ2) is 6.61. The molecule has 0 N–H and O–H groups in total. The molecule has 3 nitrogen and oxygen atoms in total. The molecule has 2 rings (SSSR count). The van der Waals surface area contributed by atoms with Crippen LogP contribution in [0.15, 0.2) is 22.8 Å². The van der Waals surface area contributed by atoms with Gasteiger partial charge in [0.2, 0.25) is 0 Å². The van der Waals surface area contributed by atoms with E-state index in [2.05, 4.69) is 24.0 Å². The maximum absolute atomic E-state index is 8.56. The van der Waals surface area contributed by atoms with E-state index >= 15 is 0 Å². The van der Waals surface area contributed by atoms with Gasteiger partial charge in [-0.15, -0.1) is 0 Å².